The molecule has 1 aliphatic heterocycles. The summed E-state index contributed by atoms with van der Waals surface area (Å²) in [6.07, 6.45) is 0.674. The zero-order valence-electron chi connectivity index (χ0n) is 12.0. The summed E-state index contributed by atoms with van der Waals surface area (Å²) in [5.41, 5.74) is 0.822. The lowest BCUT2D eigenvalue weighted by molar-refractivity contribution is 0.107. The maximum atomic E-state index is 12.8. The molecule has 1 fully saturated rings. The second-order valence-electron chi connectivity index (χ2n) is 5.18. The molecule has 20 heavy (non-hydrogen) atoms. The van der Waals surface area contributed by atoms with Crippen LogP contribution in [0.1, 0.15) is 12.5 Å². The van der Waals surface area contributed by atoms with E-state index in [4.69, 9.17) is 0 Å². The zero-order chi connectivity index (χ0) is 14.8. The van der Waals surface area contributed by atoms with Crippen LogP contribution in [-0.4, -0.2) is 62.1 Å². The van der Waals surface area contributed by atoms with Gasteiger partial charge in [-0.3, -0.25) is 0 Å². The summed E-state index contributed by atoms with van der Waals surface area (Å²) in [5.74, 6) is 0. The molecule has 0 amide bonds. The SMILES string of the molecule is CCc1ccccc1S(=O)(=O)N1CCN(C)CC1CO. The van der Waals surface area contributed by atoms with Crippen LogP contribution in [-0.2, 0) is 16.4 Å². The molecule has 1 aromatic rings. The lowest BCUT2D eigenvalue weighted by atomic mass is 10.2. The quantitative estimate of drug-likeness (QED) is 0.882. The van der Waals surface area contributed by atoms with Crippen LogP contribution < -0.4 is 0 Å². The van der Waals surface area contributed by atoms with E-state index in [9.17, 15) is 13.5 Å². The molecular weight excluding hydrogens is 276 g/mol. The molecule has 2 rings (SSSR count). The van der Waals surface area contributed by atoms with Gasteiger partial charge in [0.2, 0.25) is 10.0 Å². The number of rotatable bonds is 4. The van der Waals surface area contributed by atoms with Crippen molar-refractivity contribution in [3.05, 3.63) is 29.8 Å². The van der Waals surface area contributed by atoms with E-state index >= 15 is 0 Å². The van der Waals surface area contributed by atoms with E-state index < -0.39 is 10.0 Å². The second kappa shape index (κ2) is 6.22. The highest BCUT2D eigenvalue weighted by Crippen LogP contribution is 2.24. The molecule has 0 saturated carbocycles. The average Bonchev–Trinajstić information content (AvgIpc) is 2.46. The van der Waals surface area contributed by atoms with Crippen LogP contribution in [0.4, 0.5) is 0 Å². The Morgan fingerprint density at radius 3 is 2.65 bits per heavy atom. The van der Waals surface area contributed by atoms with Crippen LogP contribution in [0.5, 0.6) is 0 Å². The number of piperazine rings is 1. The number of aliphatic hydroxyl groups excluding tert-OH is 1. The first-order chi connectivity index (χ1) is 9.50. The average molecular weight is 298 g/mol. The fraction of sp³-hybridized carbons (Fsp3) is 0.571. The Morgan fingerprint density at radius 2 is 2.00 bits per heavy atom. The van der Waals surface area contributed by atoms with E-state index in [1.54, 1.807) is 12.1 Å². The van der Waals surface area contributed by atoms with Gasteiger partial charge in [-0.2, -0.15) is 4.31 Å². The number of hydrogen-bond donors (Lipinski definition) is 1. The standard InChI is InChI=1S/C14H22N2O3S/c1-3-12-6-4-5-7-14(12)20(18,19)16-9-8-15(2)10-13(16)11-17/h4-7,13,17H,3,8-11H2,1-2H3. The minimum absolute atomic E-state index is 0.155. The van der Waals surface area contributed by atoms with Crippen molar-refractivity contribution < 1.29 is 13.5 Å². The fourth-order valence-corrected chi connectivity index (χ4v) is 4.53. The Bertz CT molecular complexity index is 559. The zero-order valence-corrected chi connectivity index (χ0v) is 12.8. The largest absolute Gasteiger partial charge is 0.395 e. The van der Waals surface area contributed by atoms with Gasteiger partial charge in [0, 0.05) is 19.6 Å². The minimum atomic E-state index is -3.54. The van der Waals surface area contributed by atoms with Crippen molar-refractivity contribution in [3.63, 3.8) is 0 Å². The highest BCUT2D eigenvalue weighted by atomic mass is 32.2. The number of sulfonamides is 1. The Morgan fingerprint density at radius 1 is 1.30 bits per heavy atom. The number of nitrogens with zero attached hydrogens (tertiary/aromatic N) is 2. The lowest BCUT2D eigenvalue weighted by Crippen LogP contribution is -2.55. The van der Waals surface area contributed by atoms with Crippen molar-refractivity contribution in [2.24, 2.45) is 0 Å². The van der Waals surface area contributed by atoms with E-state index in [0.29, 0.717) is 31.0 Å². The van der Waals surface area contributed by atoms with E-state index in [1.807, 2.05) is 31.0 Å². The van der Waals surface area contributed by atoms with Gasteiger partial charge in [-0.05, 0) is 25.1 Å². The first-order valence-corrected chi connectivity index (χ1v) is 8.33. The number of likely N-dealkylation sites (N-methyl/N-ethyl adjacent to an activating group) is 1. The van der Waals surface area contributed by atoms with Crippen LogP contribution in [0.25, 0.3) is 0 Å². The molecule has 1 heterocycles. The van der Waals surface area contributed by atoms with Crippen LogP contribution in [0, 0.1) is 0 Å². The molecule has 6 heteroatoms. The molecule has 1 N–H and O–H groups in total. The Hall–Kier alpha value is -0.950. The van der Waals surface area contributed by atoms with Gasteiger partial charge in [-0.1, -0.05) is 25.1 Å². The van der Waals surface area contributed by atoms with Gasteiger partial charge in [-0.15, -0.1) is 0 Å². The van der Waals surface area contributed by atoms with Gasteiger partial charge in [0.1, 0.15) is 0 Å². The Labute approximate surface area is 120 Å². The van der Waals surface area contributed by atoms with Crippen LogP contribution >= 0.6 is 0 Å². The summed E-state index contributed by atoms with van der Waals surface area (Å²) >= 11 is 0. The van der Waals surface area contributed by atoms with Gasteiger partial charge in [0.25, 0.3) is 0 Å². The first-order valence-electron chi connectivity index (χ1n) is 6.89. The van der Waals surface area contributed by atoms with Gasteiger partial charge < -0.3 is 10.0 Å². The van der Waals surface area contributed by atoms with E-state index in [2.05, 4.69) is 0 Å². The number of aliphatic hydroxyl groups is 1. The van der Waals surface area contributed by atoms with Crippen molar-refractivity contribution in [2.75, 3.05) is 33.3 Å². The molecule has 0 aliphatic carbocycles. The summed E-state index contributed by atoms with van der Waals surface area (Å²) in [7, 11) is -1.61. The first kappa shape index (κ1) is 15.4. The summed E-state index contributed by atoms with van der Waals surface area (Å²) in [6.45, 7) is 3.45. The molecule has 0 spiro atoms. The molecular formula is C14H22N2O3S. The van der Waals surface area contributed by atoms with Gasteiger partial charge >= 0.3 is 0 Å². The third-order valence-electron chi connectivity index (χ3n) is 3.78. The summed E-state index contributed by atoms with van der Waals surface area (Å²) in [5, 5.41) is 9.48. The summed E-state index contributed by atoms with van der Waals surface area (Å²) in [4.78, 5) is 2.41. The monoisotopic (exact) mass is 298 g/mol. The predicted octanol–water partition coefficient (Wildman–Crippen LogP) is 0.546. The predicted molar refractivity (Wildman–Crippen MR) is 78.1 cm³/mol. The molecule has 1 aromatic carbocycles. The van der Waals surface area contributed by atoms with Crippen molar-refractivity contribution >= 4 is 10.0 Å². The van der Waals surface area contributed by atoms with Crippen molar-refractivity contribution in [2.45, 2.75) is 24.3 Å². The van der Waals surface area contributed by atoms with Crippen molar-refractivity contribution in [3.8, 4) is 0 Å². The molecule has 1 atom stereocenters. The van der Waals surface area contributed by atoms with E-state index in [1.165, 1.54) is 4.31 Å². The summed E-state index contributed by atoms with van der Waals surface area (Å²) in [6, 6.07) is 6.72. The Balaban J connectivity index is 2.38. The van der Waals surface area contributed by atoms with Crippen molar-refractivity contribution in [1.29, 1.82) is 0 Å². The summed E-state index contributed by atoms with van der Waals surface area (Å²) < 4.78 is 27.1. The second-order valence-corrected chi connectivity index (χ2v) is 7.03. The molecule has 112 valence electrons. The molecule has 1 saturated heterocycles. The third kappa shape index (κ3) is 2.88. The molecule has 0 bridgehead atoms. The Kier molecular flexibility index (Phi) is 4.80. The fourth-order valence-electron chi connectivity index (χ4n) is 2.63. The third-order valence-corrected chi connectivity index (χ3v) is 5.83. The van der Waals surface area contributed by atoms with E-state index in [0.717, 1.165) is 5.56 Å². The van der Waals surface area contributed by atoms with Crippen LogP contribution in [0.2, 0.25) is 0 Å². The number of aryl methyl sites for hydroxylation is 1. The molecule has 1 unspecified atom stereocenters. The van der Waals surface area contributed by atoms with Gasteiger partial charge in [0.15, 0.2) is 0 Å². The maximum Gasteiger partial charge on any atom is 0.243 e. The lowest BCUT2D eigenvalue weighted by Gasteiger charge is -2.38. The van der Waals surface area contributed by atoms with Crippen molar-refractivity contribution in [1.82, 2.24) is 9.21 Å². The van der Waals surface area contributed by atoms with Gasteiger partial charge in [0.05, 0.1) is 17.5 Å². The highest BCUT2D eigenvalue weighted by Gasteiger charge is 2.35. The smallest absolute Gasteiger partial charge is 0.243 e. The number of benzene rings is 1. The normalized spacial score (nSPS) is 22.1. The molecule has 0 radical (unpaired) electrons. The molecule has 5 nitrogen and oxygen atoms in total. The molecule has 1 aliphatic rings. The highest BCUT2D eigenvalue weighted by molar-refractivity contribution is 7.89. The minimum Gasteiger partial charge on any atom is -0.395 e. The van der Waals surface area contributed by atoms with Gasteiger partial charge in [-0.25, -0.2) is 8.42 Å². The van der Waals surface area contributed by atoms with Crippen LogP contribution in [0.15, 0.2) is 29.2 Å². The van der Waals surface area contributed by atoms with Crippen LogP contribution in [0.3, 0.4) is 0 Å². The van der Waals surface area contributed by atoms with E-state index in [-0.39, 0.29) is 12.6 Å². The maximum absolute atomic E-state index is 12.8. The number of hydrogen-bond acceptors (Lipinski definition) is 4. The molecule has 0 aromatic heterocycles. The topological polar surface area (TPSA) is 60.9 Å².